The van der Waals surface area contributed by atoms with Gasteiger partial charge in [-0.3, -0.25) is 9.59 Å². The van der Waals surface area contributed by atoms with Crippen molar-refractivity contribution in [3.8, 4) is 0 Å². The quantitative estimate of drug-likeness (QED) is 0.867. The molecule has 2 amide bonds. The number of anilines is 1. The van der Waals surface area contributed by atoms with Crippen LogP contribution in [0.15, 0.2) is 24.3 Å². The van der Waals surface area contributed by atoms with Gasteiger partial charge in [0.05, 0.1) is 0 Å². The van der Waals surface area contributed by atoms with Gasteiger partial charge in [-0.2, -0.15) is 0 Å². The molecule has 5 nitrogen and oxygen atoms in total. The number of carbonyl (C=O) groups excluding carboxylic acids is 2. The van der Waals surface area contributed by atoms with E-state index in [-0.39, 0.29) is 11.8 Å². The number of hydrogen-bond acceptors (Lipinski definition) is 3. The number of hydrogen-bond donors (Lipinski definition) is 1. The average molecular weight is 287 g/mol. The molecule has 5 heteroatoms. The zero-order chi connectivity index (χ0) is 15.2. The summed E-state index contributed by atoms with van der Waals surface area (Å²) in [4.78, 5) is 29.7. The Morgan fingerprint density at radius 1 is 1.14 bits per heavy atom. The third kappa shape index (κ3) is 4.70. The van der Waals surface area contributed by atoms with E-state index in [0.717, 1.165) is 37.2 Å². The standard InChI is InChI=1S/C16H21N3O2/c1-12-10-13(2)17-14(11-12)18-15(20)6-7-16(21)19-8-4-3-5-9-19/h6-7,10-11H,3-5,8-9H2,1-2H3,(H,17,18,20). The normalized spacial score (nSPS) is 15.2. The van der Waals surface area contributed by atoms with Gasteiger partial charge in [-0.15, -0.1) is 0 Å². The molecule has 0 radical (unpaired) electrons. The minimum Gasteiger partial charge on any atom is -0.339 e. The summed E-state index contributed by atoms with van der Waals surface area (Å²) in [6.07, 6.45) is 5.86. The van der Waals surface area contributed by atoms with E-state index >= 15 is 0 Å². The topological polar surface area (TPSA) is 62.3 Å². The molecular weight excluding hydrogens is 266 g/mol. The lowest BCUT2D eigenvalue weighted by molar-refractivity contribution is -0.127. The van der Waals surface area contributed by atoms with Crippen LogP contribution in [0, 0.1) is 13.8 Å². The molecule has 0 aromatic carbocycles. The molecule has 0 atom stereocenters. The molecule has 1 saturated heterocycles. The van der Waals surface area contributed by atoms with Crippen LogP contribution < -0.4 is 5.32 Å². The smallest absolute Gasteiger partial charge is 0.249 e. The van der Waals surface area contributed by atoms with Crippen LogP contribution >= 0.6 is 0 Å². The number of nitrogens with one attached hydrogen (secondary N) is 1. The van der Waals surface area contributed by atoms with Crippen LogP contribution in [0.2, 0.25) is 0 Å². The number of piperidine rings is 1. The predicted octanol–water partition coefficient (Wildman–Crippen LogP) is 2.21. The predicted molar refractivity (Wildman–Crippen MR) is 81.9 cm³/mol. The van der Waals surface area contributed by atoms with Gasteiger partial charge in [0.25, 0.3) is 0 Å². The molecule has 1 aromatic heterocycles. The summed E-state index contributed by atoms with van der Waals surface area (Å²) < 4.78 is 0. The lowest BCUT2D eigenvalue weighted by Gasteiger charge is -2.25. The minimum atomic E-state index is -0.335. The summed E-state index contributed by atoms with van der Waals surface area (Å²) in [6, 6.07) is 3.73. The second-order valence-corrected chi connectivity index (χ2v) is 5.38. The second kappa shape index (κ2) is 7.02. The summed E-state index contributed by atoms with van der Waals surface area (Å²) in [7, 11) is 0. The highest BCUT2D eigenvalue weighted by molar-refractivity contribution is 6.03. The molecule has 0 unspecified atom stereocenters. The first-order valence-electron chi connectivity index (χ1n) is 7.28. The van der Waals surface area contributed by atoms with Gasteiger partial charge in [-0.25, -0.2) is 4.98 Å². The first-order valence-corrected chi connectivity index (χ1v) is 7.28. The van der Waals surface area contributed by atoms with E-state index in [1.165, 1.54) is 18.6 Å². The molecule has 1 N–H and O–H groups in total. The molecule has 1 aliphatic heterocycles. The van der Waals surface area contributed by atoms with Crippen molar-refractivity contribution >= 4 is 17.6 Å². The van der Waals surface area contributed by atoms with Crippen LogP contribution in [0.3, 0.4) is 0 Å². The van der Waals surface area contributed by atoms with Gasteiger partial charge >= 0.3 is 0 Å². The summed E-state index contributed by atoms with van der Waals surface area (Å²) in [5.41, 5.74) is 1.88. The van der Waals surface area contributed by atoms with Gasteiger partial charge in [0.15, 0.2) is 0 Å². The number of amides is 2. The lowest BCUT2D eigenvalue weighted by Crippen LogP contribution is -2.34. The van der Waals surface area contributed by atoms with E-state index in [0.29, 0.717) is 5.82 Å². The maximum Gasteiger partial charge on any atom is 0.249 e. The Labute approximate surface area is 125 Å². The van der Waals surface area contributed by atoms with Crippen molar-refractivity contribution in [1.82, 2.24) is 9.88 Å². The van der Waals surface area contributed by atoms with Gasteiger partial charge < -0.3 is 10.2 Å². The molecule has 2 heterocycles. The Morgan fingerprint density at radius 2 is 1.86 bits per heavy atom. The molecule has 1 fully saturated rings. The highest BCUT2D eigenvalue weighted by Crippen LogP contribution is 2.10. The van der Waals surface area contributed by atoms with E-state index in [1.54, 1.807) is 11.0 Å². The molecule has 112 valence electrons. The van der Waals surface area contributed by atoms with Crippen molar-refractivity contribution < 1.29 is 9.59 Å². The maximum atomic E-state index is 11.9. The number of aryl methyl sites for hydroxylation is 2. The van der Waals surface area contributed by atoms with Gasteiger partial charge in [0.2, 0.25) is 11.8 Å². The van der Waals surface area contributed by atoms with Crippen LogP contribution in [-0.4, -0.2) is 34.8 Å². The molecule has 0 aliphatic carbocycles. The number of aromatic nitrogens is 1. The SMILES string of the molecule is Cc1cc(C)nc(NC(=O)C=CC(=O)N2CCCCC2)c1. The monoisotopic (exact) mass is 287 g/mol. The van der Waals surface area contributed by atoms with Crippen molar-refractivity contribution in [2.24, 2.45) is 0 Å². The minimum absolute atomic E-state index is 0.0989. The molecule has 0 saturated carbocycles. The fraction of sp³-hybridized carbons (Fsp3) is 0.438. The summed E-state index contributed by atoms with van der Waals surface area (Å²) in [6.45, 7) is 5.38. The summed E-state index contributed by atoms with van der Waals surface area (Å²) in [5, 5.41) is 2.67. The van der Waals surface area contributed by atoms with Crippen molar-refractivity contribution in [1.29, 1.82) is 0 Å². The van der Waals surface area contributed by atoms with Crippen LogP contribution in [0.1, 0.15) is 30.5 Å². The Kier molecular flexibility index (Phi) is 5.09. The second-order valence-electron chi connectivity index (χ2n) is 5.38. The van der Waals surface area contributed by atoms with Crippen molar-refractivity contribution in [3.05, 3.63) is 35.5 Å². The van der Waals surface area contributed by atoms with Gasteiger partial charge in [0, 0.05) is 30.9 Å². The highest BCUT2D eigenvalue weighted by atomic mass is 16.2. The van der Waals surface area contributed by atoms with Crippen LogP contribution in [0.25, 0.3) is 0 Å². The van der Waals surface area contributed by atoms with Crippen LogP contribution in [-0.2, 0) is 9.59 Å². The summed E-state index contributed by atoms with van der Waals surface area (Å²) in [5.74, 6) is 0.0728. The average Bonchev–Trinajstić information content (AvgIpc) is 2.44. The van der Waals surface area contributed by atoms with Crippen LogP contribution in [0.4, 0.5) is 5.82 Å². The van der Waals surface area contributed by atoms with E-state index < -0.39 is 0 Å². The van der Waals surface area contributed by atoms with E-state index in [4.69, 9.17) is 0 Å². The van der Waals surface area contributed by atoms with Crippen LogP contribution in [0.5, 0.6) is 0 Å². The third-order valence-corrected chi connectivity index (χ3v) is 3.39. The fourth-order valence-corrected chi connectivity index (χ4v) is 2.44. The number of likely N-dealkylation sites (tertiary alicyclic amines) is 1. The first kappa shape index (κ1) is 15.2. The zero-order valence-electron chi connectivity index (χ0n) is 12.6. The Morgan fingerprint density at radius 3 is 2.52 bits per heavy atom. The van der Waals surface area contributed by atoms with Gasteiger partial charge in [-0.1, -0.05) is 0 Å². The number of rotatable bonds is 3. The number of carbonyl (C=O) groups is 2. The van der Waals surface area contributed by atoms with Crippen molar-refractivity contribution in [3.63, 3.8) is 0 Å². The maximum absolute atomic E-state index is 11.9. The molecule has 0 spiro atoms. The highest BCUT2D eigenvalue weighted by Gasteiger charge is 2.14. The Bertz CT molecular complexity index is 540. The molecule has 1 aromatic rings. The van der Waals surface area contributed by atoms with Gasteiger partial charge in [0.1, 0.15) is 5.82 Å². The first-order chi connectivity index (χ1) is 10.0. The molecule has 0 bridgehead atoms. The largest absolute Gasteiger partial charge is 0.339 e. The molecule has 2 rings (SSSR count). The third-order valence-electron chi connectivity index (χ3n) is 3.39. The Hall–Kier alpha value is -2.17. The van der Waals surface area contributed by atoms with Gasteiger partial charge in [-0.05, 0) is 50.8 Å². The fourth-order valence-electron chi connectivity index (χ4n) is 2.44. The number of nitrogens with zero attached hydrogens (tertiary/aromatic N) is 2. The molecular formula is C16H21N3O2. The summed E-state index contributed by atoms with van der Waals surface area (Å²) >= 11 is 0. The van der Waals surface area contributed by atoms with Crippen molar-refractivity contribution in [2.45, 2.75) is 33.1 Å². The number of pyridine rings is 1. The zero-order valence-corrected chi connectivity index (χ0v) is 12.6. The molecule has 1 aliphatic rings. The Balaban J connectivity index is 1.91. The van der Waals surface area contributed by atoms with E-state index in [2.05, 4.69) is 10.3 Å². The molecule has 21 heavy (non-hydrogen) atoms. The van der Waals surface area contributed by atoms with E-state index in [9.17, 15) is 9.59 Å². The van der Waals surface area contributed by atoms with Crippen molar-refractivity contribution in [2.75, 3.05) is 18.4 Å². The van der Waals surface area contributed by atoms with E-state index in [1.807, 2.05) is 19.9 Å². The lowest BCUT2D eigenvalue weighted by atomic mass is 10.1.